The van der Waals surface area contributed by atoms with Gasteiger partial charge in [0.25, 0.3) is 0 Å². The van der Waals surface area contributed by atoms with Gasteiger partial charge in [0.15, 0.2) is 0 Å². The fourth-order valence-electron chi connectivity index (χ4n) is 2.02. The Labute approximate surface area is 115 Å². The van der Waals surface area contributed by atoms with Crippen LogP contribution in [0.25, 0.3) is 0 Å². The summed E-state index contributed by atoms with van der Waals surface area (Å²) in [4.78, 5) is 6.74. The van der Waals surface area contributed by atoms with E-state index in [2.05, 4.69) is 54.5 Å². The van der Waals surface area contributed by atoms with E-state index in [0.29, 0.717) is 6.04 Å². The van der Waals surface area contributed by atoms with Crippen LogP contribution in [-0.2, 0) is 6.54 Å². The maximum Gasteiger partial charge on any atom is 0.126 e. The smallest absolute Gasteiger partial charge is 0.126 e. The number of hydrogen-bond acceptors (Lipinski definition) is 4. The molecular weight excluding hydrogens is 242 g/mol. The van der Waals surface area contributed by atoms with Crippen LogP contribution in [0, 0.1) is 0 Å². The van der Waals surface area contributed by atoms with Crippen LogP contribution >= 0.6 is 11.8 Å². The standard InChI is InChI=1S/C14H25N3S/c1-5-13(11-18-4)17(3)10-12-7-8-16-14(9-12)15-6-2/h7-9,13H,5-6,10-11H2,1-4H3,(H,15,16). The van der Waals surface area contributed by atoms with E-state index in [4.69, 9.17) is 0 Å². The molecule has 0 saturated carbocycles. The molecule has 0 radical (unpaired) electrons. The fraction of sp³-hybridized carbons (Fsp3) is 0.643. The zero-order valence-corrected chi connectivity index (χ0v) is 12.8. The maximum absolute atomic E-state index is 4.30. The molecule has 0 spiro atoms. The SMILES string of the molecule is CCNc1cc(CN(C)C(CC)CSC)ccn1. The van der Waals surface area contributed by atoms with E-state index in [1.807, 2.05) is 18.0 Å². The number of pyridine rings is 1. The average molecular weight is 267 g/mol. The summed E-state index contributed by atoms with van der Waals surface area (Å²) < 4.78 is 0. The number of nitrogens with zero attached hydrogens (tertiary/aromatic N) is 2. The van der Waals surface area contributed by atoms with Gasteiger partial charge in [-0.15, -0.1) is 0 Å². The molecule has 0 aliphatic carbocycles. The molecule has 1 unspecified atom stereocenters. The molecule has 1 aromatic heterocycles. The largest absolute Gasteiger partial charge is 0.370 e. The first-order valence-corrected chi connectivity index (χ1v) is 7.98. The molecule has 3 nitrogen and oxygen atoms in total. The van der Waals surface area contributed by atoms with Crippen LogP contribution in [-0.4, -0.2) is 41.5 Å². The lowest BCUT2D eigenvalue weighted by atomic mass is 10.2. The third-order valence-electron chi connectivity index (χ3n) is 3.07. The quantitative estimate of drug-likeness (QED) is 0.783. The van der Waals surface area contributed by atoms with Crippen molar-refractivity contribution in [2.24, 2.45) is 0 Å². The van der Waals surface area contributed by atoms with Crippen LogP contribution in [0.15, 0.2) is 18.3 Å². The van der Waals surface area contributed by atoms with Gasteiger partial charge in [0, 0.05) is 31.1 Å². The number of rotatable bonds is 8. The fourth-order valence-corrected chi connectivity index (χ4v) is 2.89. The van der Waals surface area contributed by atoms with Gasteiger partial charge in [0.2, 0.25) is 0 Å². The first-order valence-electron chi connectivity index (χ1n) is 6.59. The highest BCUT2D eigenvalue weighted by atomic mass is 32.2. The summed E-state index contributed by atoms with van der Waals surface area (Å²) in [7, 11) is 2.21. The number of nitrogens with one attached hydrogen (secondary N) is 1. The Hall–Kier alpha value is -0.740. The minimum absolute atomic E-state index is 0.649. The highest BCUT2D eigenvalue weighted by Crippen LogP contribution is 2.14. The minimum Gasteiger partial charge on any atom is -0.370 e. The first kappa shape index (κ1) is 15.3. The molecule has 102 valence electrons. The zero-order valence-electron chi connectivity index (χ0n) is 11.9. The van der Waals surface area contributed by atoms with Gasteiger partial charge in [0.1, 0.15) is 5.82 Å². The highest BCUT2D eigenvalue weighted by molar-refractivity contribution is 7.98. The van der Waals surface area contributed by atoms with Gasteiger partial charge in [-0.25, -0.2) is 4.98 Å². The van der Waals surface area contributed by atoms with Gasteiger partial charge in [-0.3, -0.25) is 4.90 Å². The van der Waals surface area contributed by atoms with Crippen molar-refractivity contribution in [1.29, 1.82) is 0 Å². The van der Waals surface area contributed by atoms with Crippen molar-refractivity contribution in [2.45, 2.75) is 32.9 Å². The summed E-state index contributed by atoms with van der Waals surface area (Å²) in [6.45, 7) is 6.25. The normalized spacial score (nSPS) is 12.7. The second-order valence-corrected chi connectivity index (χ2v) is 5.42. The van der Waals surface area contributed by atoms with Crippen LogP contribution in [0.1, 0.15) is 25.8 Å². The van der Waals surface area contributed by atoms with E-state index in [9.17, 15) is 0 Å². The van der Waals surface area contributed by atoms with Gasteiger partial charge in [-0.1, -0.05) is 6.92 Å². The molecule has 0 aliphatic heterocycles. The monoisotopic (exact) mass is 267 g/mol. The number of thioether (sulfide) groups is 1. The zero-order chi connectivity index (χ0) is 13.4. The van der Waals surface area contributed by atoms with Crippen molar-refractivity contribution in [1.82, 2.24) is 9.88 Å². The molecule has 0 aliphatic rings. The van der Waals surface area contributed by atoms with Crippen LogP contribution in [0.4, 0.5) is 5.82 Å². The van der Waals surface area contributed by atoms with E-state index >= 15 is 0 Å². The molecule has 4 heteroatoms. The molecule has 0 amide bonds. The Bertz CT molecular complexity index is 344. The lowest BCUT2D eigenvalue weighted by Crippen LogP contribution is -2.32. The molecule has 1 rings (SSSR count). The number of aromatic nitrogens is 1. The highest BCUT2D eigenvalue weighted by Gasteiger charge is 2.12. The summed E-state index contributed by atoms with van der Waals surface area (Å²) >= 11 is 1.92. The lowest BCUT2D eigenvalue weighted by molar-refractivity contribution is 0.248. The molecule has 1 N–H and O–H groups in total. The number of anilines is 1. The minimum atomic E-state index is 0.649. The van der Waals surface area contributed by atoms with Crippen molar-refractivity contribution in [3.63, 3.8) is 0 Å². The predicted octanol–water partition coefficient (Wildman–Crippen LogP) is 3.09. The second-order valence-electron chi connectivity index (χ2n) is 4.51. The predicted molar refractivity (Wildman–Crippen MR) is 82.3 cm³/mol. The summed E-state index contributed by atoms with van der Waals surface area (Å²) in [5.74, 6) is 2.17. The lowest BCUT2D eigenvalue weighted by Gasteiger charge is -2.26. The molecule has 1 heterocycles. The first-order chi connectivity index (χ1) is 8.71. The van der Waals surface area contributed by atoms with Crippen molar-refractivity contribution in [3.05, 3.63) is 23.9 Å². The average Bonchev–Trinajstić information content (AvgIpc) is 2.36. The van der Waals surface area contributed by atoms with Crippen LogP contribution in [0.2, 0.25) is 0 Å². The van der Waals surface area contributed by atoms with Crippen molar-refractivity contribution < 1.29 is 0 Å². The van der Waals surface area contributed by atoms with Crippen molar-refractivity contribution >= 4 is 17.6 Å². The summed E-state index contributed by atoms with van der Waals surface area (Å²) in [6.07, 6.45) is 5.26. The molecule has 1 aromatic rings. The molecule has 18 heavy (non-hydrogen) atoms. The topological polar surface area (TPSA) is 28.2 Å². The Morgan fingerprint density at radius 2 is 2.22 bits per heavy atom. The van der Waals surface area contributed by atoms with E-state index in [1.165, 1.54) is 17.7 Å². The van der Waals surface area contributed by atoms with Gasteiger partial charge >= 0.3 is 0 Å². The van der Waals surface area contributed by atoms with Gasteiger partial charge in [-0.2, -0.15) is 11.8 Å². The third-order valence-corrected chi connectivity index (χ3v) is 3.79. The summed E-state index contributed by atoms with van der Waals surface area (Å²) in [6, 6.07) is 4.89. The van der Waals surface area contributed by atoms with E-state index in [0.717, 1.165) is 18.9 Å². The van der Waals surface area contributed by atoms with Crippen LogP contribution < -0.4 is 5.32 Å². The Kier molecular flexibility index (Phi) is 7.13. The van der Waals surface area contributed by atoms with Gasteiger partial charge in [0.05, 0.1) is 0 Å². The maximum atomic E-state index is 4.30. The molecule has 0 bridgehead atoms. The molecule has 0 aromatic carbocycles. The Balaban J connectivity index is 2.62. The van der Waals surface area contributed by atoms with Crippen LogP contribution in [0.5, 0.6) is 0 Å². The second kappa shape index (κ2) is 8.38. The third kappa shape index (κ3) is 4.86. The summed E-state index contributed by atoms with van der Waals surface area (Å²) in [5, 5.41) is 3.26. The molecule has 1 atom stereocenters. The van der Waals surface area contributed by atoms with Gasteiger partial charge < -0.3 is 5.32 Å². The molecular formula is C14H25N3S. The van der Waals surface area contributed by atoms with E-state index in [1.54, 1.807) is 0 Å². The Morgan fingerprint density at radius 3 is 2.83 bits per heavy atom. The van der Waals surface area contributed by atoms with Gasteiger partial charge in [-0.05, 0) is 44.3 Å². The summed E-state index contributed by atoms with van der Waals surface area (Å²) in [5.41, 5.74) is 1.32. The van der Waals surface area contributed by atoms with Crippen molar-refractivity contribution in [2.75, 3.05) is 30.9 Å². The van der Waals surface area contributed by atoms with E-state index in [-0.39, 0.29) is 0 Å². The van der Waals surface area contributed by atoms with Crippen LogP contribution in [0.3, 0.4) is 0 Å². The van der Waals surface area contributed by atoms with E-state index < -0.39 is 0 Å². The Morgan fingerprint density at radius 1 is 1.44 bits per heavy atom. The number of hydrogen-bond donors (Lipinski definition) is 1. The van der Waals surface area contributed by atoms with Crippen molar-refractivity contribution in [3.8, 4) is 0 Å². The molecule has 0 fully saturated rings. The molecule has 0 saturated heterocycles.